The van der Waals surface area contributed by atoms with Crippen LogP contribution in [0.4, 0.5) is 10.3 Å². The van der Waals surface area contributed by atoms with Crippen LogP contribution >= 0.6 is 11.3 Å². The van der Waals surface area contributed by atoms with Gasteiger partial charge in [0.05, 0.1) is 30.6 Å². The first kappa shape index (κ1) is 16.9. The van der Waals surface area contributed by atoms with E-state index in [4.69, 9.17) is 4.74 Å². The molecule has 2 aromatic rings. The van der Waals surface area contributed by atoms with E-state index in [1.54, 1.807) is 0 Å². The van der Waals surface area contributed by atoms with Gasteiger partial charge in [0.25, 0.3) is 0 Å². The number of ether oxygens (including phenoxy) is 1. The Morgan fingerprint density at radius 1 is 1.40 bits per heavy atom. The van der Waals surface area contributed by atoms with Crippen molar-refractivity contribution in [3.63, 3.8) is 0 Å². The van der Waals surface area contributed by atoms with Gasteiger partial charge in [0.2, 0.25) is 5.95 Å². The van der Waals surface area contributed by atoms with Gasteiger partial charge < -0.3 is 10.1 Å². The Kier molecular flexibility index (Phi) is 4.71. The predicted octanol–water partition coefficient (Wildman–Crippen LogP) is 3.22. The van der Waals surface area contributed by atoms with Crippen LogP contribution in [0, 0.1) is 12.7 Å². The van der Waals surface area contributed by atoms with Gasteiger partial charge >= 0.3 is 0 Å². The average Bonchev–Trinajstić information content (AvgIpc) is 3.16. The molecule has 2 saturated heterocycles. The molecule has 0 radical (unpaired) electrons. The van der Waals surface area contributed by atoms with E-state index in [2.05, 4.69) is 39.2 Å². The molecule has 2 unspecified atom stereocenters. The number of aromatic nitrogens is 2. The number of thiophene rings is 1. The van der Waals surface area contributed by atoms with E-state index >= 15 is 0 Å². The van der Waals surface area contributed by atoms with Gasteiger partial charge in [-0.2, -0.15) is 0 Å². The van der Waals surface area contributed by atoms with Crippen LogP contribution in [0.5, 0.6) is 0 Å². The summed E-state index contributed by atoms with van der Waals surface area (Å²) in [7, 11) is 0. The van der Waals surface area contributed by atoms with E-state index in [1.807, 2.05) is 11.3 Å². The molecule has 2 aromatic heterocycles. The molecule has 2 fully saturated rings. The molecule has 4 rings (SSSR count). The lowest BCUT2D eigenvalue weighted by molar-refractivity contribution is -0.0531. The first-order valence-corrected chi connectivity index (χ1v) is 9.58. The Balaban J connectivity index is 1.36. The maximum Gasteiger partial charge on any atom is 0.223 e. The number of hydrogen-bond acceptors (Lipinski definition) is 6. The number of halogens is 1. The van der Waals surface area contributed by atoms with Gasteiger partial charge in [-0.3, -0.25) is 4.90 Å². The van der Waals surface area contributed by atoms with Crippen LogP contribution in [-0.4, -0.2) is 46.2 Å². The van der Waals surface area contributed by atoms with Gasteiger partial charge in [0, 0.05) is 29.3 Å². The molecule has 1 spiro atoms. The lowest BCUT2D eigenvalue weighted by Crippen LogP contribution is -2.47. The lowest BCUT2D eigenvalue weighted by Gasteiger charge is -2.39. The number of rotatable bonds is 4. The summed E-state index contributed by atoms with van der Waals surface area (Å²) in [5.41, 5.74) is -0.0811. The molecule has 5 nitrogen and oxygen atoms in total. The highest BCUT2D eigenvalue weighted by atomic mass is 32.1. The highest BCUT2D eigenvalue weighted by Gasteiger charge is 2.43. The molecule has 2 aliphatic rings. The van der Waals surface area contributed by atoms with E-state index in [-0.39, 0.29) is 11.6 Å². The fourth-order valence-electron chi connectivity index (χ4n) is 3.91. The molecule has 0 aromatic carbocycles. The number of aryl methyl sites for hydroxylation is 1. The SMILES string of the molecule is Cc1ccc(CN2CCCC3(CC(Nc4ncc(F)cn4)CO3)C2)s1. The van der Waals surface area contributed by atoms with Crippen molar-refractivity contribution in [1.82, 2.24) is 14.9 Å². The molecule has 25 heavy (non-hydrogen) atoms. The van der Waals surface area contributed by atoms with Gasteiger partial charge in [-0.25, -0.2) is 14.4 Å². The van der Waals surface area contributed by atoms with Crippen LogP contribution in [0.15, 0.2) is 24.5 Å². The summed E-state index contributed by atoms with van der Waals surface area (Å²) in [5, 5.41) is 3.28. The molecular weight excluding hydrogens is 339 g/mol. The Bertz CT molecular complexity index is 722. The number of nitrogens with one attached hydrogen (secondary N) is 1. The van der Waals surface area contributed by atoms with Crippen LogP contribution in [0.1, 0.15) is 29.0 Å². The maximum absolute atomic E-state index is 12.9. The highest BCUT2D eigenvalue weighted by molar-refractivity contribution is 7.11. The third-order valence-corrected chi connectivity index (χ3v) is 5.94. The van der Waals surface area contributed by atoms with E-state index < -0.39 is 5.82 Å². The zero-order valence-corrected chi connectivity index (χ0v) is 15.2. The van der Waals surface area contributed by atoms with Gasteiger partial charge in [-0.05, 0) is 38.4 Å². The Morgan fingerprint density at radius 3 is 3.00 bits per heavy atom. The predicted molar refractivity (Wildman–Crippen MR) is 96.3 cm³/mol. The topological polar surface area (TPSA) is 50.3 Å². The fraction of sp³-hybridized carbons (Fsp3) is 0.556. The number of nitrogens with zero attached hydrogens (tertiary/aromatic N) is 3. The molecule has 2 atom stereocenters. The van der Waals surface area contributed by atoms with Crippen molar-refractivity contribution in [3.8, 4) is 0 Å². The first-order chi connectivity index (χ1) is 12.1. The van der Waals surface area contributed by atoms with E-state index in [0.29, 0.717) is 12.6 Å². The summed E-state index contributed by atoms with van der Waals surface area (Å²) >= 11 is 1.87. The summed E-state index contributed by atoms with van der Waals surface area (Å²) < 4.78 is 19.2. The minimum atomic E-state index is -0.420. The van der Waals surface area contributed by atoms with Crippen LogP contribution in [-0.2, 0) is 11.3 Å². The molecule has 1 N–H and O–H groups in total. The zero-order chi connectivity index (χ0) is 17.3. The van der Waals surface area contributed by atoms with Crippen LogP contribution in [0.3, 0.4) is 0 Å². The van der Waals surface area contributed by atoms with Crippen molar-refractivity contribution >= 4 is 17.3 Å². The summed E-state index contributed by atoms with van der Waals surface area (Å²) in [4.78, 5) is 13.3. The number of piperidine rings is 1. The molecule has 0 aliphatic carbocycles. The second-order valence-electron chi connectivity index (χ2n) is 7.09. The van der Waals surface area contributed by atoms with Crippen molar-refractivity contribution in [3.05, 3.63) is 40.1 Å². The third-order valence-electron chi connectivity index (χ3n) is 4.96. The average molecular weight is 362 g/mol. The van der Waals surface area contributed by atoms with Crippen LogP contribution in [0.2, 0.25) is 0 Å². The molecular formula is C18H23FN4OS. The standard InChI is InChI=1S/C18H23FN4OS/c1-13-3-4-16(25-13)10-23-6-2-5-18(12-23)7-15(11-24-18)22-17-20-8-14(19)9-21-17/h3-4,8-9,15H,2,5-7,10-12H2,1H3,(H,20,21,22). The zero-order valence-electron chi connectivity index (χ0n) is 14.4. The summed E-state index contributed by atoms with van der Waals surface area (Å²) in [6.45, 7) is 5.89. The molecule has 0 amide bonds. The van der Waals surface area contributed by atoms with Gasteiger partial charge in [-0.1, -0.05) is 0 Å². The van der Waals surface area contributed by atoms with Crippen molar-refractivity contribution < 1.29 is 9.13 Å². The second-order valence-corrected chi connectivity index (χ2v) is 8.46. The molecule has 2 aliphatic heterocycles. The molecule has 4 heterocycles. The fourth-order valence-corrected chi connectivity index (χ4v) is 4.84. The number of hydrogen-bond donors (Lipinski definition) is 1. The Hall–Kier alpha value is -1.57. The number of likely N-dealkylation sites (tertiary alicyclic amines) is 1. The van der Waals surface area contributed by atoms with E-state index in [1.165, 1.54) is 22.1 Å². The molecule has 7 heteroatoms. The minimum absolute atomic E-state index is 0.0811. The molecule has 134 valence electrons. The van der Waals surface area contributed by atoms with Crippen molar-refractivity contribution in [2.45, 2.75) is 44.4 Å². The molecule has 0 saturated carbocycles. The largest absolute Gasteiger partial charge is 0.371 e. The normalized spacial score (nSPS) is 27.0. The maximum atomic E-state index is 12.9. The van der Waals surface area contributed by atoms with Crippen LogP contribution in [0.25, 0.3) is 0 Å². The first-order valence-electron chi connectivity index (χ1n) is 8.76. The van der Waals surface area contributed by atoms with Gasteiger partial charge in [0.15, 0.2) is 5.82 Å². The highest BCUT2D eigenvalue weighted by Crippen LogP contribution is 2.36. The minimum Gasteiger partial charge on any atom is -0.371 e. The monoisotopic (exact) mass is 362 g/mol. The van der Waals surface area contributed by atoms with Gasteiger partial charge in [0.1, 0.15) is 0 Å². The summed E-state index contributed by atoms with van der Waals surface area (Å²) in [6.07, 6.45) is 5.56. The van der Waals surface area contributed by atoms with E-state index in [0.717, 1.165) is 38.9 Å². The van der Waals surface area contributed by atoms with Crippen molar-refractivity contribution in [2.24, 2.45) is 0 Å². The Morgan fingerprint density at radius 2 is 2.24 bits per heavy atom. The summed E-state index contributed by atoms with van der Waals surface area (Å²) in [5.74, 6) is 0.0465. The van der Waals surface area contributed by atoms with Crippen LogP contribution < -0.4 is 5.32 Å². The smallest absolute Gasteiger partial charge is 0.223 e. The molecule has 0 bridgehead atoms. The van der Waals surface area contributed by atoms with Gasteiger partial charge in [-0.15, -0.1) is 11.3 Å². The van der Waals surface area contributed by atoms with E-state index in [9.17, 15) is 4.39 Å². The van der Waals surface area contributed by atoms with Crippen molar-refractivity contribution in [2.75, 3.05) is 25.0 Å². The second kappa shape index (κ2) is 6.97. The Labute approximate surface area is 151 Å². The van der Waals surface area contributed by atoms with Crippen molar-refractivity contribution in [1.29, 1.82) is 0 Å². The third kappa shape index (κ3) is 3.99. The lowest BCUT2D eigenvalue weighted by atomic mass is 9.88. The number of anilines is 1. The quantitative estimate of drug-likeness (QED) is 0.905. The summed E-state index contributed by atoms with van der Waals surface area (Å²) in [6, 6.07) is 4.59.